The van der Waals surface area contributed by atoms with Crippen LogP contribution in [-0.4, -0.2) is 47.0 Å². The van der Waals surface area contributed by atoms with E-state index >= 15 is 0 Å². The molecule has 0 bridgehead atoms. The van der Waals surface area contributed by atoms with Crippen molar-refractivity contribution in [3.63, 3.8) is 0 Å². The summed E-state index contributed by atoms with van der Waals surface area (Å²) in [5.74, 6) is 2.62. The van der Waals surface area contributed by atoms with E-state index in [1.807, 2.05) is 56.4 Å². The molecule has 0 spiro atoms. The number of benzene rings is 4. The smallest absolute Gasteiger partial charge is 0.132 e. The number of halogens is 4. The molecule has 4 rings (SSSR count). The van der Waals surface area contributed by atoms with Gasteiger partial charge in [0.25, 0.3) is 0 Å². The molecule has 0 aliphatic rings. The quantitative estimate of drug-likeness (QED) is 0.178. The number of nitrogens with zero attached hydrogens (tertiary/aromatic N) is 1. The molecular formula is C31H32Cl4N2O4S2. The van der Waals surface area contributed by atoms with Crippen LogP contribution in [0.5, 0.6) is 23.0 Å². The van der Waals surface area contributed by atoms with E-state index < -0.39 is 21.6 Å². The van der Waals surface area contributed by atoms with Gasteiger partial charge in [-0.1, -0.05) is 46.4 Å². The molecule has 2 atom stereocenters. The molecule has 4 aromatic carbocycles. The van der Waals surface area contributed by atoms with Crippen LogP contribution in [0.3, 0.4) is 0 Å². The van der Waals surface area contributed by atoms with Crippen molar-refractivity contribution < 1.29 is 17.9 Å². The highest BCUT2D eigenvalue weighted by Gasteiger charge is 2.11. The molecule has 0 aromatic heterocycles. The minimum atomic E-state index is -1.03. The number of rotatable bonds is 10. The summed E-state index contributed by atoms with van der Waals surface area (Å²) in [6.45, 7) is 1.30. The summed E-state index contributed by atoms with van der Waals surface area (Å²) in [7, 11) is 3.73. The second-order valence-corrected chi connectivity index (χ2v) is 14.0. The van der Waals surface area contributed by atoms with Crippen molar-refractivity contribution in [1.29, 1.82) is 0 Å². The molecule has 230 valence electrons. The lowest BCUT2D eigenvalue weighted by Crippen LogP contribution is -2.11. The molecule has 12 heteroatoms. The summed E-state index contributed by atoms with van der Waals surface area (Å²) in [6.07, 6.45) is 3.31. The molecule has 0 aliphatic heterocycles. The van der Waals surface area contributed by atoms with Crippen LogP contribution in [0.1, 0.15) is 11.1 Å². The highest BCUT2D eigenvalue weighted by atomic mass is 35.5. The maximum atomic E-state index is 11.7. The Balaban J connectivity index is 0.000000236. The monoisotopic (exact) mass is 700 g/mol. The van der Waals surface area contributed by atoms with Crippen molar-refractivity contribution in [2.45, 2.75) is 22.9 Å². The molecular weight excluding hydrogens is 670 g/mol. The highest BCUT2D eigenvalue weighted by molar-refractivity contribution is 7.84. The molecule has 0 radical (unpaired) electrons. The van der Waals surface area contributed by atoms with Gasteiger partial charge in [-0.25, -0.2) is 0 Å². The normalized spacial score (nSPS) is 12.3. The van der Waals surface area contributed by atoms with Crippen molar-refractivity contribution in [2.24, 2.45) is 0 Å². The van der Waals surface area contributed by atoms with Crippen molar-refractivity contribution in [1.82, 2.24) is 10.2 Å². The van der Waals surface area contributed by atoms with Crippen molar-refractivity contribution in [2.75, 3.05) is 33.7 Å². The van der Waals surface area contributed by atoms with Gasteiger partial charge in [0.2, 0.25) is 0 Å². The summed E-state index contributed by atoms with van der Waals surface area (Å²) >= 11 is 23.8. The van der Waals surface area contributed by atoms with E-state index in [4.69, 9.17) is 55.9 Å². The number of nitrogens with one attached hydrogen (secondary N) is 1. The zero-order valence-corrected chi connectivity index (χ0v) is 28.9. The fourth-order valence-corrected chi connectivity index (χ4v) is 5.51. The summed E-state index contributed by atoms with van der Waals surface area (Å²) < 4.78 is 35.0. The maximum Gasteiger partial charge on any atom is 0.132 e. The standard InChI is InChI=1S/C16H17Cl2NO2S.C15H15Cl2NO2S/c1-19(2)10-11-8-13(22(3)20)5-7-16(11)21-12-4-6-14(17)15(18)9-12;1-18-9-10-7-12(21(2)19)4-6-15(10)20-11-3-5-13(16)14(17)8-11/h4-9H,10H2,1-3H3;3-8,18H,9H2,1-2H3. The Kier molecular flexibility index (Phi) is 13.8. The van der Waals surface area contributed by atoms with Gasteiger partial charge >= 0.3 is 0 Å². The zero-order chi connectivity index (χ0) is 31.7. The molecule has 0 aliphatic carbocycles. The summed E-state index contributed by atoms with van der Waals surface area (Å²) in [5, 5.41) is 4.92. The maximum absolute atomic E-state index is 11.7. The van der Waals surface area contributed by atoms with Crippen LogP contribution in [0.25, 0.3) is 0 Å². The second-order valence-electron chi connectivity index (χ2n) is 9.57. The van der Waals surface area contributed by atoms with Gasteiger partial charge < -0.3 is 19.7 Å². The van der Waals surface area contributed by atoms with Crippen LogP contribution < -0.4 is 14.8 Å². The van der Waals surface area contributed by atoms with Crippen LogP contribution in [0.15, 0.2) is 82.6 Å². The van der Waals surface area contributed by atoms with Crippen LogP contribution >= 0.6 is 46.4 Å². The molecule has 0 amide bonds. The van der Waals surface area contributed by atoms with Gasteiger partial charge in [0, 0.05) is 80.3 Å². The molecule has 0 saturated carbocycles. The lowest BCUT2D eigenvalue weighted by molar-refractivity contribution is 0.388. The Morgan fingerprint density at radius 1 is 0.651 bits per heavy atom. The molecule has 0 heterocycles. The first kappa shape index (κ1) is 35.3. The Labute approximate surface area is 278 Å². The van der Waals surface area contributed by atoms with Crippen molar-refractivity contribution in [3.8, 4) is 23.0 Å². The Hall–Kier alpha value is -2.14. The van der Waals surface area contributed by atoms with Crippen LogP contribution in [0.4, 0.5) is 0 Å². The molecule has 4 aromatic rings. The Bertz CT molecular complexity index is 1620. The van der Waals surface area contributed by atoms with E-state index in [1.165, 1.54) is 0 Å². The average molecular weight is 703 g/mol. The summed E-state index contributed by atoms with van der Waals surface area (Å²) in [5.41, 5.74) is 1.89. The molecule has 43 heavy (non-hydrogen) atoms. The van der Waals surface area contributed by atoms with Crippen LogP contribution in [-0.2, 0) is 34.7 Å². The minimum Gasteiger partial charge on any atom is -0.457 e. The fourth-order valence-electron chi connectivity index (χ4n) is 3.80. The van der Waals surface area contributed by atoms with E-state index in [2.05, 4.69) is 5.32 Å². The predicted molar refractivity (Wildman–Crippen MR) is 181 cm³/mol. The lowest BCUT2D eigenvalue weighted by Gasteiger charge is -2.16. The summed E-state index contributed by atoms with van der Waals surface area (Å²) in [4.78, 5) is 3.57. The number of ether oxygens (including phenoxy) is 2. The predicted octanol–water partition coefficient (Wildman–Crippen LogP) is 8.83. The first-order valence-electron chi connectivity index (χ1n) is 12.9. The SMILES string of the molecule is CN(C)Cc1cc(S(C)=O)ccc1Oc1ccc(Cl)c(Cl)c1.CNCc1cc(S(C)=O)ccc1Oc1ccc(Cl)c(Cl)c1. The lowest BCUT2D eigenvalue weighted by atomic mass is 10.2. The zero-order valence-electron chi connectivity index (χ0n) is 24.3. The van der Waals surface area contributed by atoms with Gasteiger partial charge in [0.15, 0.2) is 0 Å². The topological polar surface area (TPSA) is 67.9 Å². The van der Waals surface area contributed by atoms with Gasteiger partial charge in [0.1, 0.15) is 23.0 Å². The van der Waals surface area contributed by atoms with E-state index in [-0.39, 0.29) is 0 Å². The summed E-state index contributed by atoms with van der Waals surface area (Å²) in [6, 6.07) is 21.3. The van der Waals surface area contributed by atoms with E-state index in [9.17, 15) is 8.42 Å². The van der Waals surface area contributed by atoms with Gasteiger partial charge in [0.05, 0.1) is 20.1 Å². The number of hydrogen-bond acceptors (Lipinski definition) is 6. The van der Waals surface area contributed by atoms with Crippen molar-refractivity contribution in [3.05, 3.63) is 104 Å². The first-order valence-corrected chi connectivity index (χ1v) is 17.5. The van der Waals surface area contributed by atoms with Gasteiger partial charge in [-0.3, -0.25) is 8.42 Å². The second kappa shape index (κ2) is 16.8. The van der Waals surface area contributed by atoms with Gasteiger partial charge in [-0.05, 0) is 81.8 Å². The average Bonchev–Trinajstić information content (AvgIpc) is 2.94. The van der Waals surface area contributed by atoms with E-state index in [1.54, 1.807) is 55.0 Å². The van der Waals surface area contributed by atoms with Gasteiger partial charge in [-0.15, -0.1) is 0 Å². The third-order valence-corrected chi connectivity index (χ3v) is 9.13. The van der Waals surface area contributed by atoms with E-state index in [0.717, 1.165) is 20.9 Å². The first-order chi connectivity index (χ1) is 20.4. The van der Waals surface area contributed by atoms with Crippen LogP contribution in [0.2, 0.25) is 20.1 Å². The van der Waals surface area contributed by atoms with Crippen LogP contribution in [0, 0.1) is 0 Å². The highest BCUT2D eigenvalue weighted by Crippen LogP contribution is 2.33. The molecule has 0 fully saturated rings. The fraction of sp³-hybridized carbons (Fsp3) is 0.226. The third kappa shape index (κ3) is 10.8. The Morgan fingerprint density at radius 3 is 1.49 bits per heavy atom. The van der Waals surface area contributed by atoms with Gasteiger partial charge in [-0.2, -0.15) is 0 Å². The Morgan fingerprint density at radius 2 is 1.09 bits per heavy atom. The minimum absolute atomic E-state index is 0.440. The van der Waals surface area contributed by atoms with E-state index in [0.29, 0.717) is 56.2 Å². The third-order valence-electron chi connectivity index (χ3n) is 5.82. The number of hydrogen-bond donors (Lipinski definition) is 1. The molecule has 1 N–H and O–H groups in total. The molecule has 6 nitrogen and oxygen atoms in total. The van der Waals surface area contributed by atoms with Crippen molar-refractivity contribution >= 4 is 68.0 Å². The largest absolute Gasteiger partial charge is 0.457 e. The molecule has 2 unspecified atom stereocenters. The molecule has 0 saturated heterocycles.